The van der Waals surface area contributed by atoms with Crippen molar-refractivity contribution in [2.45, 2.75) is 13.5 Å². The molecule has 2 aromatic heterocycles. The second-order valence-corrected chi connectivity index (χ2v) is 6.41. The molecule has 0 radical (unpaired) electrons. The van der Waals surface area contributed by atoms with Crippen LogP contribution >= 0.6 is 11.3 Å². The van der Waals surface area contributed by atoms with Crippen molar-refractivity contribution in [3.63, 3.8) is 0 Å². The topological polar surface area (TPSA) is 103 Å². The van der Waals surface area contributed by atoms with Gasteiger partial charge in [-0.3, -0.25) is 9.59 Å². The van der Waals surface area contributed by atoms with Crippen LogP contribution in [-0.4, -0.2) is 29.0 Å². The van der Waals surface area contributed by atoms with Crippen LogP contribution in [0.5, 0.6) is 0 Å². The van der Waals surface area contributed by atoms with Crippen LogP contribution in [0.1, 0.15) is 27.6 Å². The third-order valence-corrected chi connectivity index (χ3v) is 4.70. The molecule has 7 nitrogen and oxygen atoms in total. The molecule has 0 saturated carbocycles. The summed E-state index contributed by atoms with van der Waals surface area (Å²) in [6.45, 7) is 2.23. The lowest BCUT2D eigenvalue weighted by molar-refractivity contribution is -0.119. The number of para-hydroxylation sites is 1. The molecule has 0 aliphatic heterocycles. The average molecular weight is 371 g/mol. The van der Waals surface area contributed by atoms with E-state index in [9.17, 15) is 14.4 Å². The van der Waals surface area contributed by atoms with Crippen molar-refractivity contribution in [2.75, 3.05) is 11.9 Å². The zero-order valence-electron chi connectivity index (χ0n) is 14.0. The quantitative estimate of drug-likeness (QED) is 0.650. The highest BCUT2D eigenvalue weighted by Crippen LogP contribution is 2.23. The molecule has 0 saturated heterocycles. The van der Waals surface area contributed by atoms with Crippen LogP contribution in [-0.2, 0) is 16.1 Å². The third-order valence-electron chi connectivity index (χ3n) is 3.87. The van der Waals surface area contributed by atoms with Crippen molar-refractivity contribution in [1.82, 2.24) is 4.57 Å². The van der Waals surface area contributed by atoms with Gasteiger partial charge in [-0.25, -0.2) is 4.79 Å². The number of rotatable bonds is 6. The van der Waals surface area contributed by atoms with Crippen LogP contribution in [0.4, 0.5) is 5.00 Å². The molecule has 0 aliphatic rings. The predicted octanol–water partition coefficient (Wildman–Crippen LogP) is 2.62. The first kappa shape index (κ1) is 17.7. The molecule has 0 spiro atoms. The number of carbonyl (C=O) groups excluding carboxylic acids is 3. The smallest absolute Gasteiger partial charge is 0.340 e. The predicted molar refractivity (Wildman–Crippen MR) is 99.4 cm³/mol. The number of nitrogens with zero attached hydrogens (tertiary/aromatic N) is 1. The van der Waals surface area contributed by atoms with Gasteiger partial charge < -0.3 is 20.4 Å². The lowest BCUT2D eigenvalue weighted by Gasteiger charge is -2.06. The third kappa shape index (κ3) is 3.45. The monoisotopic (exact) mass is 371 g/mol. The number of hydrogen-bond acceptors (Lipinski definition) is 5. The Hall–Kier alpha value is -3.13. The van der Waals surface area contributed by atoms with Gasteiger partial charge in [-0.2, -0.15) is 0 Å². The molecular weight excluding hydrogens is 354 g/mol. The molecular formula is C18H17N3O4S. The van der Waals surface area contributed by atoms with Crippen molar-refractivity contribution in [2.24, 2.45) is 5.73 Å². The number of aromatic nitrogens is 1. The first-order chi connectivity index (χ1) is 12.5. The van der Waals surface area contributed by atoms with E-state index in [0.29, 0.717) is 17.1 Å². The number of primary amides is 1. The number of hydrogen-bond donors (Lipinski definition) is 2. The molecule has 8 heteroatoms. The summed E-state index contributed by atoms with van der Waals surface area (Å²) in [4.78, 5) is 35.7. The number of nitrogens with two attached hydrogens (primary N) is 1. The van der Waals surface area contributed by atoms with E-state index >= 15 is 0 Å². The zero-order valence-corrected chi connectivity index (χ0v) is 14.8. The normalized spacial score (nSPS) is 10.7. The van der Waals surface area contributed by atoms with Gasteiger partial charge in [-0.1, -0.05) is 18.2 Å². The summed E-state index contributed by atoms with van der Waals surface area (Å²) in [6, 6.07) is 9.02. The Bertz CT molecular complexity index is 989. The molecule has 3 rings (SSSR count). The highest BCUT2D eigenvalue weighted by atomic mass is 32.1. The maximum Gasteiger partial charge on any atom is 0.340 e. The minimum Gasteiger partial charge on any atom is -0.452 e. The number of aryl methyl sites for hydroxylation is 1. The van der Waals surface area contributed by atoms with E-state index in [0.717, 1.165) is 10.9 Å². The van der Waals surface area contributed by atoms with Crippen LogP contribution in [0.3, 0.4) is 0 Å². The van der Waals surface area contributed by atoms with E-state index in [-0.39, 0.29) is 5.56 Å². The largest absolute Gasteiger partial charge is 0.452 e. The number of fused-ring (bicyclic) bond motifs is 1. The van der Waals surface area contributed by atoms with Gasteiger partial charge in [0.25, 0.3) is 11.8 Å². The Morgan fingerprint density at radius 3 is 2.69 bits per heavy atom. The van der Waals surface area contributed by atoms with Crippen LogP contribution in [0.15, 0.2) is 41.9 Å². The maximum absolute atomic E-state index is 12.4. The summed E-state index contributed by atoms with van der Waals surface area (Å²) < 4.78 is 7.07. The number of esters is 1. The van der Waals surface area contributed by atoms with E-state index in [4.69, 9.17) is 10.5 Å². The van der Waals surface area contributed by atoms with Gasteiger partial charge in [-0.05, 0) is 24.4 Å². The van der Waals surface area contributed by atoms with Crippen molar-refractivity contribution < 1.29 is 19.1 Å². The second-order valence-electron chi connectivity index (χ2n) is 5.50. The number of carbonyl (C=O) groups is 3. The summed E-state index contributed by atoms with van der Waals surface area (Å²) >= 11 is 1.17. The lowest BCUT2D eigenvalue weighted by Crippen LogP contribution is -2.22. The fourth-order valence-electron chi connectivity index (χ4n) is 2.64. The summed E-state index contributed by atoms with van der Waals surface area (Å²) in [7, 11) is 0. The van der Waals surface area contributed by atoms with Gasteiger partial charge in [0.15, 0.2) is 6.61 Å². The molecule has 26 heavy (non-hydrogen) atoms. The van der Waals surface area contributed by atoms with Gasteiger partial charge in [-0.15, -0.1) is 11.3 Å². The number of ether oxygens (including phenoxy) is 1. The first-order valence-electron chi connectivity index (χ1n) is 7.93. The van der Waals surface area contributed by atoms with Crippen LogP contribution in [0.2, 0.25) is 0 Å². The highest BCUT2D eigenvalue weighted by Gasteiger charge is 2.18. The van der Waals surface area contributed by atoms with E-state index in [1.807, 2.05) is 35.8 Å². The van der Waals surface area contributed by atoms with Gasteiger partial charge >= 0.3 is 5.97 Å². The molecule has 134 valence electrons. The summed E-state index contributed by atoms with van der Waals surface area (Å²) in [6.07, 6.45) is 1.72. The molecule has 2 heterocycles. The average Bonchev–Trinajstić information content (AvgIpc) is 3.24. The number of benzene rings is 1. The van der Waals surface area contributed by atoms with Crippen molar-refractivity contribution in [3.05, 3.63) is 53.0 Å². The van der Waals surface area contributed by atoms with Gasteiger partial charge in [0.2, 0.25) is 0 Å². The number of anilines is 1. The Morgan fingerprint density at radius 1 is 1.19 bits per heavy atom. The highest BCUT2D eigenvalue weighted by molar-refractivity contribution is 7.14. The van der Waals surface area contributed by atoms with E-state index in [1.54, 1.807) is 11.6 Å². The molecule has 0 fully saturated rings. The molecule has 0 atom stereocenters. The van der Waals surface area contributed by atoms with E-state index in [1.165, 1.54) is 17.4 Å². The lowest BCUT2D eigenvalue weighted by atomic mass is 10.2. The molecule has 3 N–H and O–H groups in total. The van der Waals surface area contributed by atoms with Gasteiger partial charge in [0, 0.05) is 23.6 Å². The van der Waals surface area contributed by atoms with Gasteiger partial charge in [0.05, 0.1) is 11.1 Å². The fourth-order valence-corrected chi connectivity index (χ4v) is 3.45. The van der Waals surface area contributed by atoms with Crippen molar-refractivity contribution in [3.8, 4) is 0 Å². The molecule has 3 aromatic rings. The number of nitrogens with one attached hydrogen (secondary N) is 1. The molecule has 0 aliphatic carbocycles. The Balaban J connectivity index is 1.68. The summed E-state index contributed by atoms with van der Waals surface area (Å²) in [5.41, 5.74) is 6.79. The summed E-state index contributed by atoms with van der Waals surface area (Å²) in [5.74, 6) is -1.75. The Labute approximate surface area is 153 Å². The van der Waals surface area contributed by atoms with E-state index in [2.05, 4.69) is 5.32 Å². The molecule has 0 unspecified atom stereocenters. The maximum atomic E-state index is 12.4. The Kier molecular flexibility index (Phi) is 5.04. The van der Waals surface area contributed by atoms with Crippen molar-refractivity contribution >= 4 is 45.0 Å². The standard InChI is InChI=1S/C18H17N3O4S/c1-2-21-9-13(11-5-3-4-6-14(11)21)18(24)25-10-15(22)20-17-12(16(19)23)7-8-26-17/h3-9H,2,10H2,1H3,(H2,19,23)(H,20,22). The molecule has 0 bridgehead atoms. The minimum absolute atomic E-state index is 0.223. The SMILES string of the molecule is CCn1cc(C(=O)OCC(=O)Nc2sccc2C(N)=O)c2ccccc21. The van der Waals surface area contributed by atoms with E-state index < -0.39 is 24.4 Å². The Morgan fingerprint density at radius 2 is 1.96 bits per heavy atom. The first-order valence-corrected chi connectivity index (χ1v) is 8.81. The second kappa shape index (κ2) is 7.40. The number of amides is 2. The summed E-state index contributed by atoms with van der Waals surface area (Å²) in [5, 5.41) is 5.28. The van der Waals surface area contributed by atoms with Crippen molar-refractivity contribution in [1.29, 1.82) is 0 Å². The molecule has 2 amide bonds. The molecule has 1 aromatic carbocycles. The zero-order chi connectivity index (χ0) is 18.7. The number of thiophene rings is 1. The van der Waals surface area contributed by atoms with Gasteiger partial charge in [0.1, 0.15) is 5.00 Å². The van der Waals surface area contributed by atoms with Crippen LogP contribution in [0.25, 0.3) is 10.9 Å². The van der Waals surface area contributed by atoms with Crippen LogP contribution in [0, 0.1) is 0 Å². The van der Waals surface area contributed by atoms with Crippen LogP contribution < -0.4 is 11.1 Å². The minimum atomic E-state index is -0.633. The fraction of sp³-hybridized carbons (Fsp3) is 0.167.